The summed E-state index contributed by atoms with van der Waals surface area (Å²) in [4.78, 5) is 11.8. The van der Waals surface area contributed by atoms with E-state index in [2.05, 4.69) is 0 Å². The molecule has 1 aromatic rings. The Morgan fingerprint density at radius 2 is 1.89 bits per heavy atom. The van der Waals surface area contributed by atoms with E-state index in [-0.39, 0.29) is 0 Å². The van der Waals surface area contributed by atoms with E-state index in [1.807, 2.05) is 0 Å². The molecule has 0 spiro atoms. The molecule has 1 N–H and O–H groups in total. The van der Waals surface area contributed by atoms with Gasteiger partial charge >= 0.3 is 5.97 Å². The van der Waals surface area contributed by atoms with Crippen LogP contribution in [-0.4, -0.2) is 18.2 Å². The molecule has 2 rings (SSSR count). The number of carboxylic acid groups (broad SMARTS) is 1. The lowest BCUT2D eigenvalue weighted by molar-refractivity contribution is -0.145. The molecular weight excluding hydrogens is 287 g/mol. The molecule has 0 aliphatic heterocycles. The lowest BCUT2D eigenvalue weighted by Gasteiger charge is -2.34. The number of hydrogen-bond donors (Lipinski definition) is 1. The summed E-state index contributed by atoms with van der Waals surface area (Å²) in [6.07, 6.45) is 4.02. The number of ether oxygens (including phenoxy) is 1. The highest BCUT2D eigenvalue weighted by molar-refractivity contribution is 6.35. The molecule has 0 bridgehead atoms. The first-order valence-corrected chi connectivity index (χ1v) is 7.04. The Labute approximate surface area is 122 Å². The minimum atomic E-state index is -0.932. The van der Waals surface area contributed by atoms with Crippen molar-refractivity contribution in [3.8, 4) is 5.75 Å². The fourth-order valence-electron chi connectivity index (χ4n) is 2.88. The summed E-state index contributed by atoms with van der Waals surface area (Å²) in [7, 11) is 1.50. The summed E-state index contributed by atoms with van der Waals surface area (Å²) >= 11 is 12.2. The maximum Gasteiger partial charge on any atom is 0.314 e. The molecule has 1 fully saturated rings. The van der Waals surface area contributed by atoms with E-state index in [0.717, 1.165) is 19.3 Å². The van der Waals surface area contributed by atoms with Gasteiger partial charge in [0.05, 0.1) is 17.5 Å². The molecule has 1 aromatic carbocycles. The predicted molar refractivity (Wildman–Crippen MR) is 75.4 cm³/mol. The van der Waals surface area contributed by atoms with Crippen LogP contribution < -0.4 is 4.74 Å². The second-order valence-corrected chi connectivity index (χ2v) is 5.76. The van der Waals surface area contributed by atoms with Gasteiger partial charge in [-0.15, -0.1) is 0 Å². The topological polar surface area (TPSA) is 46.5 Å². The Kier molecular flexibility index (Phi) is 4.26. The molecular formula is C14H16Cl2O3. The SMILES string of the molecule is COc1c(Cl)cc(Cl)cc1C1(C(=O)O)CCCCC1. The van der Waals surface area contributed by atoms with Crippen LogP contribution in [-0.2, 0) is 10.2 Å². The molecule has 0 unspecified atom stereocenters. The van der Waals surface area contributed by atoms with Crippen LogP contribution in [0.5, 0.6) is 5.75 Å². The highest BCUT2D eigenvalue weighted by Crippen LogP contribution is 2.46. The van der Waals surface area contributed by atoms with Crippen LogP contribution in [0.1, 0.15) is 37.7 Å². The summed E-state index contributed by atoms with van der Waals surface area (Å²) in [5.74, 6) is -0.404. The van der Waals surface area contributed by atoms with Crippen LogP contribution in [0.15, 0.2) is 12.1 Å². The Morgan fingerprint density at radius 3 is 2.42 bits per heavy atom. The van der Waals surface area contributed by atoms with E-state index in [1.54, 1.807) is 12.1 Å². The van der Waals surface area contributed by atoms with Gasteiger partial charge < -0.3 is 9.84 Å². The quantitative estimate of drug-likeness (QED) is 0.906. The third kappa shape index (κ3) is 2.54. The molecule has 0 saturated heterocycles. The van der Waals surface area contributed by atoms with E-state index >= 15 is 0 Å². The maximum absolute atomic E-state index is 11.8. The van der Waals surface area contributed by atoms with Gasteiger partial charge in [-0.3, -0.25) is 4.79 Å². The Balaban J connectivity index is 2.62. The number of hydrogen-bond acceptors (Lipinski definition) is 2. The molecule has 19 heavy (non-hydrogen) atoms. The zero-order valence-electron chi connectivity index (χ0n) is 10.7. The van der Waals surface area contributed by atoms with Crippen molar-refractivity contribution in [2.45, 2.75) is 37.5 Å². The first kappa shape index (κ1) is 14.5. The Hall–Kier alpha value is -0.930. The van der Waals surface area contributed by atoms with Crippen LogP contribution in [0.4, 0.5) is 0 Å². The molecule has 1 aliphatic carbocycles. The summed E-state index contributed by atoms with van der Waals surface area (Å²) in [5, 5.41) is 10.5. The molecule has 104 valence electrons. The minimum absolute atomic E-state index is 0.358. The van der Waals surface area contributed by atoms with E-state index in [9.17, 15) is 9.90 Å². The molecule has 0 amide bonds. The number of aliphatic carboxylic acids is 1. The van der Waals surface area contributed by atoms with Crippen molar-refractivity contribution in [1.29, 1.82) is 0 Å². The van der Waals surface area contributed by atoms with Crippen molar-refractivity contribution >= 4 is 29.2 Å². The number of benzene rings is 1. The number of methoxy groups -OCH3 is 1. The molecule has 0 aromatic heterocycles. The van der Waals surface area contributed by atoms with Gasteiger partial charge in [0.25, 0.3) is 0 Å². The second kappa shape index (κ2) is 5.59. The molecule has 0 radical (unpaired) electrons. The highest BCUT2D eigenvalue weighted by Gasteiger charge is 2.43. The van der Waals surface area contributed by atoms with Gasteiger partial charge in [-0.25, -0.2) is 0 Å². The van der Waals surface area contributed by atoms with Crippen molar-refractivity contribution in [2.75, 3.05) is 7.11 Å². The molecule has 1 aliphatic rings. The van der Waals surface area contributed by atoms with Crippen LogP contribution in [0.3, 0.4) is 0 Å². The Bertz CT molecular complexity index is 494. The van der Waals surface area contributed by atoms with Crippen LogP contribution in [0.25, 0.3) is 0 Å². The molecule has 0 heterocycles. The van der Waals surface area contributed by atoms with Crippen molar-refractivity contribution in [1.82, 2.24) is 0 Å². The molecule has 1 saturated carbocycles. The average molecular weight is 303 g/mol. The van der Waals surface area contributed by atoms with Gasteiger partial charge in [0.1, 0.15) is 5.75 Å². The number of rotatable bonds is 3. The predicted octanol–water partition coefficient (Wildman–Crippen LogP) is 4.29. The fraction of sp³-hybridized carbons (Fsp3) is 0.500. The Morgan fingerprint density at radius 1 is 1.26 bits per heavy atom. The average Bonchev–Trinajstić information content (AvgIpc) is 2.38. The number of carbonyl (C=O) groups is 1. The standard InChI is InChI=1S/C14H16Cl2O3/c1-19-12-10(7-9(15)8-11(12)16)14(13(17)18)5-3-2-4-6-14/h7-8H,2-6H2,1H3,(H,17,18). The monoisotopic (exact) mass is 302 g/mol. The zero-order valence-corrected chi connectivity index (χ0v) is 12.2. The van der Waals surface area contributed by atoms with Gasteiger partial charge in [0.15, 0.2) is 0 Å². The largest absolute Gasteiger partial charge is 0.495 e. The van der Waals surface area contributed by atoms with Crippen LogP contribution in [0.2, 0.25) is 10.0 Å². The minimum Gasteiger partial charge on any atom is -0.495 e. The third-order valence-electron chi connectivity index (χ3n) is 3.84. The molecule has 3 nitrogen and oxygen atoms in total. The van der Waals surface area contributed by atoms with Crippen molar-refractivity contribution in [2.24, 2.45) is 0 Å². The molecule has 0 atom stereocenters. The van der Waals surface area contributed by atoms with Crippen LogP contribution in [0, 0.1) is 0 Å². The van der Waals surface area contributed by atoms with E-state index in [1.165, 1.54) is 7.11 Å². The van der Waals surface area contributed by atoms with Crippen molar-refractivity contribution < 1.29 is 14.6 Å². The highest BCUT2D eigenvalue weighted by atomic mass is 35.5. The van der Waals surface area contributed by atoms with Gasteiger partial charge in [0.2, 0.25) is 0 Å². The smallest absolute Gasteiger partial charge is 0.314 e. The van der Waals surface area contributed by atoms with Crippen molar-refractivity contribution in [3.63, 3.8) is 0 Å². The normalized spacial score (nSPS) is 18.1. The van der Waals surface area contributed by atoms with E-state index in [0.29, 0.717) is 34.2 Å². The summed E-state index contributed by atoms with van der Waals surface area (Å²) in [6.45, 7) is 0. The number of halogens is 2. The van der Waals surface area contributed by atoms with Crippen molar-refractivity contribution in [3.05, 3.63) is 27.7 Å². The van der Waals surface area contributed by atoms with Gasteiger partial charge in [-0.2, -0.15) is 0 Å². The van der Waals surface area contributed by atoms with E-state index < -0.39 is 11.4 Å². The maximum atomic E-state index is 11.8. The lowest BCUT2D eigenvalue weighted by atomic mass is 9.69. The van der Waals surface area contributed by atoms with Gasteiger partial charge in [-0.05, 0) is 25.0 Å². The summed E-state index contributed by atoms with van der Waals surface area (Å²) < 4.78 is 5.31. The van der Waals surface area contributed by atoms with Gasteiger partial charge in [-0.1, -0.05) is 42.5 Å². The third-order valence-corrected chi connectivity index (χ3v) is 4.34. The van der Waals surface area contributed by atoms with Crippen LogP contribution >= 0.6 is 23.2 Å². The fourth-order valence-corrected chi connectivity index (χ4v) is 3.45. The molecule has 5 heteroatoms. The first-order valence-electron chi connectivity index (χ1n) is 6.28. The summed E-state index contributed by atoms with van der Waals surface area (Å²) in [6, 6.07) is 3.25. The first-order chi connectivity index (χ1) is 9.01. The van der Waals surface area contributed by atoms with Gasteiger partial charge in [0, 0.05) is 10.6 Å². The second-order valence-electron chi connectivity index (χ2n) is 4.92. The zero-order chi connectivity index (χ0) is 14.0. The summed E-state index contributed by atoms with van der Waals surface area (Å²) in [5.41, 5.74) is -0.335. The lowest BCUT2D eigenvalue weighted by Crippen LogP contribution is -2.38. The number of carboxylic acids is 1. The van der Waals surface area contributed by atoms with E-state index in [4.69, 9.17) is 27.9 Å².